The predicted molar refractivity (Wildman–Crippen MR) is 49.7 cm³/mol. The van der Waals surface area contributed by atoms with Gasteiger partial charge in [0, 0.05) is 5.69 Å². The maximum Gasteiger partial charge on any atom is 0.335 e. The summed E-state index contributed by atoms with van der Waals surface area (Å²) >= 11 is 0. The largest absolute Gasteiger partial charge is 0.478 e. The van der Waals surface area contributed by atoms with E-state index in [-0.39, 0.29) is 17.3 Å². The monoisotopic (exact) mass is 180 g/mol. The molecular weight excluding hydrogens is 168 g/mol. The van der Waals surface area contributed by atoms with E-state index < -0.39 is 5.97 Å². The Morgan fingerprint density at radius 1 is 1.54 bits per heavy atom. The van der Waals surface area contributed by atoms with Gasteiger partial charge in [0.2, 0.25) is 0 Å². The molecule has 0 saturated carbocycles. The van der Waals surface area contributed by atoms with Crippen LogP contribution in [0.1, 0.15) is 35.8 Å². The van der Waals surface area contributed by atoms with Crippen LogP contribution in [0.4, 0.5) is 5.82 Å². The van der Waals surface area contributed by atoms with Crippen LogP contribution in [-0.2, 0) is 0 Å². The summed E-state index contributed by atoms with van der Waals surface area (Å²) in [6.07, 6.45) is 0. The minimum Gasteiger partial charge on any atom is -0.478 e. The van der Waals surface area contributed by atoms with Gasteiger partial charge >= 0.3 is 5.97 Å². The number of aromatic carboxylic acids is 1. The summed E-state index contributed by atoms with van der Waals surface area (Å²) in [5.74, 6) is -0.541. The van der Waals surface area contributed by atoms with Crippen molar-refractivity contribution >= 4 is 11.8 Å². The normalized spacial score (nSPS) is 10.4. The first-order valence-corrected chi connectivity index (χ1v) is 4.01. The topological polar surface area (TPSA) is 76.2 Å². The third kappa shape index (κ3) is 2.18. The molecular formula is C9H12N2O2. The predicted octanol–water partition coefficient (Wildman–Crippen LogP) is 1.49. The number of anilines is 1. The molecule has 0 aromatic carbocycles. The zero-order valence-corrected chi connectivity index (χ0v) is 7.61. The molecule has 1 heterocycles. The summed E-state index contributed by atoms with van der Waals surface area (Å²) in [6, 6.07) is 2.90. The lowest BCUT2D eigenvalue weighted by atomic mass is 10.1. The molecule has 0 amide bonds. The first-order chi connectivity index (χ1) is 6.00. The molecule has 0 bridgehead atoms. The van der Waals surface area contributed by atoms with E-state index in [9.17, 15) is 4.79 Å². The second-order valence-electron chi connectivity index (χ2n) is 3.17. The summed E-state index contributed by atoms with van der Waals surface area (Å²) in [5.41, 5.74) is 6.36. The number of hydrogen-bond acceptors (Lipinski definition) is 3. The standard InChI is InChI=1S/C9H12N2O2/c1-5(2)7-3-6(9(12)13)4-8(10)11-7/h3-5H,1-2H3,(H2,10,11)(H,12,13). The Kier molecular flexibility index (Phi) is 2.51. The maximum absolute atomic E-state index is 10.6. The van der Waals surface area contributed by atoms with Crippen LogP contribution in [0.3, 0.4) is 0 Å². The van der Waals surface area contributed by atoms with E-state index in [1.54, 1.807) is 6.07 Å². The lowest BCUT2D eigenvalue weighted by molar-refractivity contribution is 0.0696. The zero-order chi connectivity index (χ0) is 10.0. The van der Waals surface area contributed by atoms with E-state index in [2.05, 4.69) is 4.98 Å². The van der Waals surface area contributed by atoms with Crippen molar-refractivity contribution in [1.82, 2.24) is 4.98 Å². The first kappa shape index (κ1) is 9.51. The fraction of sp³-hybridized carbons (Fsp3) is 0.333. The molecule has 0 fully saturated rings. The molecule has 1 aromatic rings. The van der Waals surface area contributed by atoms with Gasteiger partial charge in [0.25, 0.3) is 0 Å². The molecule has 0 unspecified atom stereocenters. The van der Waals surface area contributed by atoms with Crippen LogP contribution in [0, 0.1) is 0 Å². The Bertz CT molecular complexity index is 334. The number of hydrogen-bond donors (Lipinski definition) is 2. The molecule has 0 radical (unpaired) electrons. The highest BCUT2D eigenvalue weighted by atomic mass is 16.4. The average Bonchev–Trinajstić information content (AvgIpc) is 2.03. The highest BCUT2D eigenvalue weighted by Crippen LogP contribution is 2.15. The maximum atomic E-state index is 10.6. The molecule has 4 heteroatoms. The van der Waals surface area contributed by atoms with E-state index in [0.29, 0.717) is 5.69 Å². The van der Waals surface area contributed by atoms with Crippen LogP contribution in [0.5, 0.6) is 0 Å². The molecule has 13 heavy (non-hydrogen) atoms. The highest BCUT2D eigenvalue weighted by Gasteiger charge is 2.08. The van der Waals surface area contributed by atoms with Gasteiger partial charge in [0.05, 0.1) is 5.56 Å². The fourth-order valence-corrected chi connectivity index (χ4v) is 0.993. The number of carbonyl (C=O) groups is 1. The van der Waals surface area contributed by atoms with Gasteiger partial charge in [-0.05, 0) is 18.1 Å². The van der Waals surface area contributed by atoms with Gasteiger partial charge in [0.15, 0.2) is 0 Å². The van der Waals surface area contributed by atoms with Crippen molar-refractivity contribution in [2.75, 3.05) is 5.73 Å². The number of nitrogens with zero attached hydrogens (tertiary/aromatic N) is 1. The Morgan fingerprint density at radius 2 is 2.15 bits per heavy atom. The van der Waals surface area contributed by atoms with E-state index in [0.717, 1.165) is 0 Å². The van der Waals surface area contributed by atoms with Gasteiger partial charge in [-0.3, -0.25) is 0 Å². The van der Waals surface area contributed by atoms with Crippen molar-refractivity contribution in [2.24, 2.45) is 0 Å². The van der Waals surface area contributed by atoms with Crippen LogP contribution in [0.2, 0.25) is 0 Å². The Morgan fingerprint density at radius 3 is 2.62 bits per heavy atom. The van der Waals surface area contributed by atoms with E-state index >= 15 is 0 Å². The lowest BCUT2D eigenvalue weighted by Crippen LogP contribution is -2.04. The Hall–Kier alpha value is -1.58. The number of pyridine rings is 1. The van der Waals surface area contributed by atoms with Crippen molar-refractivity contribution in [2.45, 2.75) is 19.8 Å². The van der Waals surface area contributed by atoms with Crippen LogP contribution < -0.4 is 5.73 Å². The minimum absolute atomic E-state index is 0.182. The summed E-state index contributed by atoms with van der Waals surface area (Å²) in [4.78, 5) is 14.7. The number of aromatic nitrogens is 1. The van der Waals surface area contributed by atoms with Crippen molar-refractivity contribution < 1.29 is 9.90 Å². The number of carboxylic acids is 1. The van der Waals surface area contributed by atoms with E-state index in [1.165, 1.54) is 6.07 Å². The summed E-state index contributed by atoms with van der Waals surface area (Å²) < 4.78 is 0. The van der Waals surface area contributed by atoms with Gasteiger partial charge < -0.3 is 10.8 Å². The van der Waals surface area contributed by atoms with Crippen molar-refractivity contribution in [1.29, 1.82) is 0 Å². The number of carboxylic acid groups (broad SMARTS) is 1. The minimum atomic E-state index is -0.976. The molecule has 1 aromatic heterocycles. The number of rotatable bonds is 2. The van der Waals surface area contributed by atoms with E-state index in [1.807, 2.05) is 13.8 Å². The van der Waals surface area contributed by atoms with Gasteiger partial charge in [-0.1, -0.05) is 13.8 Å². The highest BCUT2D eigenvalue weighted by molar-refractivity contribution is 5.88. The second kappa shape index (κ2) is 3.43. The molecule has 3 N–H and O–H groups in total. The van der Waals surface area contributed by atoms with Crippen LogP contribution >= 0.6 is 0 Å². The molecule has 0 saturated heterocycles. The van der Waals surface area contributed by atoms with Crippen LogP contribution in [0.15, 0.2) is 12.1 Å². The smallest absolute Gasteiger partial charge is 0.335 e. The number of nitrogen functional groups attached to an aromatic ring is 1. The Labute approximate surface area is 76.4 Å². The van der Waals surface area contributed by atoms with E-state index in [4.69, 9.17) is 10.8 Å². The number of nitrogens with two attached hydrogens (primary N) is 1. The SMILES string of the molecule is CC(C)c1cc(C(=O)O)cc(N)n1. The quantitative estimate of drug-likeness (QED) is 0.722. The van der Waals surface area contributed by atoms with Crippen molar-refractivity contribution in [3.05, 3.63) is 23.4 Å². The molecule has 0 atom stereocenters. The molecule has 70 valence electrons. The van der Waals surface area contributed by atoms with Crippen LogP contribution in [0.25, 0.3) is 0 Å². The van der Waals surface area contributed by atoms with Crippen molar-refractivity contribution in [3.8, 4) is 0 Å². The van der Waals surface area contributed by atoms with Gasteiger partial charge in [-0.15, -0.1) is 0 Å². The lowest BCUT2D eigenvalue weighted by Gasteiger charge is -2.06. The zero-order valence-electron chi connectivity index (χ0n) is 7.61. The van der Waals surface area contributed by atoms with Gasteiger partial charge in [-0.2, -0.15) is 0 Å². The third-order valence-corrected chi connectivity index (χ3v) is 1.70. The molecule has 0 aliphatic carbocycles. The fourth-order valence-electron chi connectivity index (χ4n) is 0.993. The van der Waals surface area contributed by atoms with Gasteiger partial charge in [0.1, 0.15) is 5.82 Å². The van der Waals surface area contributed by atoms with Gasteiger partial charge in [-0.25, -0.2) is 9.78 Å². The molecule has 0 aliphatic heterocycles. The first-order valence-electron chi connectivity index (χ1n) is 4.01. The summed E-state index contributed by atoms with van der Waals surface area (Å²) in [7, 11) is 0. The summed E-state index contributed by atoms with van der Waals surface area (Å²) in [5, 5.41) is 8.73. The molecule has 4 nitrogen and oxygen atoms in total. The van der Waals surface area contributed by atoms with Crippen LogP contribution in [-0.4, -0.2) is 16.1 Å². The Balaban J connectivity index is 3.19. The van der Waals surface area contributed by atoms with Crippen molar-refractivity contribution in [3.63, 3.8) is 0 Å². The molecule has 0 aliphatic rings. The third-order valence-electron chi connectivity index (χ3n) is 1.70. The summed E-state index contributed by atoms with van der Waals surface area (Å²) in [6.45, 7) is 3.88. The second-order valence-corrected chi connectivity index (χ2v) is 3.17. The molecule has 1 rings (SSSR count). The average molecular weight is 180 g/mol. The molecule has 0 spiro atoms.